The highest BCUT2D eigenvalue weighted by Gasteiger charge is 2.30. The van der Waals surface area contributed by atoms with E-state index in [-0.39, 0.29) is 5.75 Å². The van der Waals surface area contributed by atoms with Crippen LogP contribution in [0.2, 0.25) is 0 Å². The average Bonchev–Trinajstić information content (AvgIpc) is 3.04. The van der Waals surface area contributed by atoms with Gasteiger partial charge in [-0.25, -0.2) is 9.53 Å². The largest absolute Gasteiger partial charge is 0.439 e. The molecule has 3 rings (SSSR count). The fourth-order valence-corrected chi connectivity index (χ4v) is 2.42. The number of benzene rings is 2. The van der Waals surface area contributed by atoms with Gasteiger partial charge in [0.15, 0.2) is 5.69 Å². The molecule has 0 fully saturated rings. The Morgan fingerprint density at radius 1 is 1.12 bits per heavy atom. The van der Waals surface area contributed by atoms with Crippen LogP contribution in [0, 0.1) is 6.57 Å². The zero-order valence-electron chi connectivity index (χ0n) is 13.8. The van der Waals surface area contributed by atoms with Gasteiger partial charge in [0, 0.05) is 12.6 Å². The lowest BCUT2D eigenvalue weighted by Gasteiger charge is -2.09. The molecule has 132 valence electrons. The van der Waals surface area contributed by atoms with Crippen molar-refractivity contribution >= 4 is 5.69 Å². The fraction of sp³-hybridized carbons (Fsp3) is 0.158. The van der Waals surface area contributed by atoms with Gasteiger partial charge in [0.1, 0.15) is 5.75 Å². The Morgan fingerprint density at radius 2 is 1.85 bits per heavy atom. The summed E-state index contributed by atoms with van der Waals surface area (Å²) in [6, 6.07) is 13.2. The molecule has 0 bridgehead atoms. The molecule has 26 heavy (non-hydrogen) atoms. The van der Waals surface area contributed by atoms with Crippen LogP contribution in [-0.4, -0.2) is 9.78 Å². The van der Waals surface area contributed by atoms with Crippen LogP contribution in [0.1, 0.15) is 12.5 Å². The number of hydrogen-bond donors (Lipinski definition) is 0. The molecule has 4 nitrogen and oxygen atoms in total. The van der Waals surface area contributed by atoms with E-state index in [2.05, 4.69) is 9.94 Å². The Morgan fingerprint density at radius 3 is 2.46 bits per heavy atom. The summed E-state index contributed by atoms with van der Waals surface area (Å²) in [6.45, 7) is 9.50. The standard InChI is InChI=1S/C19H14F3N3O/c1-3-25-18(26-16-9-7-14(8-10-16)19(20,21)22)12-17(24-25)13-5-4-6-15(11-13)23-2/h4-12H,3H2,1H3. The lowest BCUT2D eigenvalue weighted by molar-refractivity contribution is -0.137. The van der Waals surface area contributed by atoms with Gasteiger partial charge in [0.25, 0.3) is 0 Å². The Kier molecular flexibility index (Phi) is 4.67. The van der Waals surface area contributed by atoms with Gasteiger partial charge in [-0.3, -0.25) is 0 Å². The number of rotatable bonds is 4. The molecule has 0 spiro atoms. The topological polar surface area (TPSA) is 31.4 Å². The third-order valence-corrected chi connectivity index (χ3v) is 3.72. The highest BCUT2D eigenvalue weighted by atomic mass is 19.4. The van der Waals surface area contributed by atoms with Gasteiger partial charge >= 0.3 is 6.18 Å². The van der Waals surface area contributed by atoms with E-state index in [1.165, 1.54) is 12.1 Å². The van der Waals surface area contributed by atoms with Gasteiger partial charge in [-0.15, -0.1) is 0 Å². The molecule has 0 aliphatic carbocycles. The van der Waals surface area contributed by atoms with Gasteiger partial charge in [0.05, 0.1) is 17.8 Å². The van der Waals surface area contributed by atoms with Crippen molar-refractivity contribution in [3.8, 4) is 22.9 Å². The van der Waals surface area contributed by atoms with Crippen molar-refractivity contribution < 1.29 is 17.9 Å². The summed E-state index contributed by atoms with van der Waals surface area (Å²) in [5, 5.41) is 4.44. The van der Waals surface area contributed by atoms with Crippen LogP contribution >= 0.6 is 0 Å². The molecule has 1 heterocycles. The summed E-state index contributed by atoms with van der Waals surface area (Å²) in [4.78, 5) is 3.39. The first-order chi connectivity index (χ1) is 12.4. The second-order valence-corrected chi connectivity index (χ2v) is 5.47. The molecule has 0 aliphatic rings. The maximum atomic E-state index is 12.6. The zero-order chi connectivity index (χ0) is 18.7. The Bertz CT molecular complexity index is 953. The molecular weight excluding hydrogens is 343 g/mol. The molecule has 0 radical (unpaired) electrons. The highest BCUT2D eigenvalue weighted by molar-refractivity contribution is 5.66. The number of hydrogen-bond acceptors (Lipinski definition) is 2. The molecule has 0 amide bonds. The quantitative estimate of drug-likeness (QED) is 0.542. The molecule has 0 saturated heterocycles. The van der Waals surface area contributed by atoms with E-state index in [9.17, 15) is 13.2 Å². The first-order valence-electron chi connectivity index (χ1n) is 7.81. The van der Waals surface area contributed by atoms with Crippen molar-refractivity contribution in [2.75, 3.05) is 0 Å². The van der Waals surface area contributed by atoms with Crippen molar-refractivity contribution in [1.82, 2.24) is 9.78 Å². The van der Waals surface area contributed by atoms with Crippen LogP contribution in [0.4, 0.5) is 18.9 Å². The molecule has 0 N–H and O–H groups in total. The van der Waals surface area contributed by atoms with E-state index in [1.54, 1.807) is 28.9 Å². The van der Waals surface area contributed by atoms with Crippen LogP contribution in [-0.2, 0) is 12.7 Å². The van der Waals surface area contributed by atoms with Crippen molar-refractivity contribution in [3.63, 3.8) is 0 Å². The number of alkyl halides is 3. The zero-order valence-corrected chi connectivity index (χ0v) is 13.8. The first-order valence-corrected chi connectivity index (χ1v) is 7.81. The third-order valence-electron chi connectivity index (χ3n) is 3.72. The number of aromatic nitrogens is 2. The lowest BCUT2D eigenvalue weighted by Crippen LogP contribution is -2.04. The van der Waals surface area contributed by atoms with Gasteiger partial charge in [-0.1, -0.05) is 18.2 Å². The summed E-state index contributed by atoms with van der Waals surface area (Å²) >= 11 is 0. The second kappa shape index (κ2) is 6.92. The van der Waals surface area contributed by atoms with Crippen molar-refractivity contribution in [3.05, 3.63) is 71.6 Å². The fourth-order valence-electron chi connectivity index (χ4n) is 2.42. The van der Waals surface area contributed by atoms with E-state index in [0.717, 1.165) is 17.7 Å². The minimum atomic E-state index is -4.38. The molecule has 7 heteroatoms. The summed E-state index contributed by atoms with van der Waals surface area (Å²) in [7, 11) is 0. The summed E-state index contributed by atoms with van der Waals surface area (Å²) in [6.07, 6.45) is -4.38. The molecular formula is C19H14F3N3O. The first kappa shape index (κ1) is 17.5. The van der Waals surface area contributed by atoms with Crippen molar-refractivity contribution in [2.45, 2.75) is 19.6 Å². The lowest BCUT2D eigenvalue weighted by atomic mass is 10.1. The number of nitrogens with zero attached hydrogens (tertiary/aromatic N) is 3. The van der Waals surface area contributed by atoms with E-state index in [4.69, 9.17) is 11.3 Å². The molecule has 0 atom stereocenters. The van der Waals surface area contributed by atoms with E-state index in [0.29, 0.717) is 23.8 Å². The van der Waals surface area contributed by atoms with Crippen LogP contribution in [0.25, 0.3) is 16.1 Å². The van der Waals surface area contributed by atoms with Crippen LogP contribution in [0.5, 0.6) is 11.6 Å². The third kappa shape index (κ3) is 3.70. The molecule has 2 aromatic carbocycles. The smallest absolute Gasteiger partial charge is 0.416 e. The van der Waals surface area contributed by atoms with Crippen LogP contribution in [0.15, 0.2) is 54.6 Å². The number of aryl methyl sites for hydroxylation is 1. The van der Waals surface area contributed by atoms with Gasteiger partial charge in [0.2, 0.25) is 5.88 Å². The van der Waals surface area contributed by atoms with Crippen molar-refractivity contribution in [1.29, 1.82) is 0 Å². The monoisotopic (exact) mass is 357 g/mol. The van der Waals surface area contributed by atoms with Gasteiger partial charge in [-0.05, 0) is 42.8 Å². The normalized spacial score (nSPS) is 11.2. The van der Waals surface area contributed by atoms with Crippen LogP contribution < -0.4 is 4.74 Å². The number of ether oxygens (including phenoxy) is 1. The summed E-state index contributed by atoms with van der Waals surface area (Å²) in [5.74, 6) is 0.699. The van der Waals surface area contributed by atoms with E-state index in [1.807, 2.05) is 13.0 Å². The second-order valence-electron chi connectivity index (χ2n) is 5.47. The van der Waals surface area contributed by atoms with E-state index >= 15 is 0 Å². The molecule has 3 aromatic rings. The Balaban J connectivity index is 1.89. The number of halogens is 3. The molecule has 1 aromatic heterocycles. The predicted molar refractivity (Wildman–Crippen MR) is 91.1 cm³/mol. The predicted octanol–water partition coefficient (Wildman–Crippen LogP) is 5.93. The minimum absolute atomic E-state index is 0.286. The summed E-state index contributed by atoms with van der Waals surface area (Å²) < 4.78 is 45.2. The maximum absolute atomic E-state index is 12.6. The minimum Gasteiger partial charge on any atom is -0.439 e. The Hall–Kier alpha value is -3.27. The van der Waals surface area contributed by atoms with Crippen LogP contribution in [0.3, 0.4) is 0 Å². The average molecular weight is 357 g/mol. The SMILES string of the molecule is [C-]#[N+]c1cccc(-c2cc(Oc3ccc(C(F)(F)F)cc3)n(CC)n2)c1. The molecule has 0 unspecified atom stereocenters. The van der Waals surface area contributed by atoms with Gasteiger partial charge < -0.3 is 4.74 Å². The Labute approximate surface area is 148 Å². The maximum Gasteiger partial charge on any atom is 0.416 e. The van der Waals surface area contributed by atoms with E-state index < -0.39 is 11.7 Å². The van der Waals surface area contributed by atoms with Crippen molar-refractivity contribution in [2.24, 2.45) is 0 Å². The highest BCUT2D eigenvalue weighted by Crippen LogP contribution is 2.32. The summed E-state index contributed by atoms with van der Waals surface area (Å²) in [5.41, 5.74) is 1.16. The molecule has 0 aliphatic heterocycles. The molecule has 0 saturated carbocycles. The van der Waals surface area contributed by atoms with Gasteiger partial charge in [-0.2, -0.15) is 18.3 Å².